The summed E-state index contributed by atoms with van der Waals surface area (Å²) < 4.78 is 0. The molecule has 0 radical (unpaired) electrons. The molecule has 0 spiro atoms. The highest BCUT2D eigenvalue weighted by molar-refractivity contribution is 5.80. The Kier molecular flexibility index (Phi) is 7.33. The van der Waals surface area contributed by atoms with Gasteiger partial charge in [-0.3, -0.25) is 4.99 Å². The number of nitrogens with zero attached hydrogens (tertiary/aromatic N) is 5. The van der Waals surface area contributed by atoms with Crippen LogP contribution in [0.15, 0.2) is 29.4 Å². The molecule has 0 aliphatic carbocycles. The maximum atomic E-state index is 4.50. The lowest BCUT2D eigenvalue weighted by atomic mass is 9.92. The van der Waals surface area contributed by atoms with Crippen LogP contribution in [-0.2, 0) is 0 Å². The van der Waals surface area contributed by atoms with Crippen LogP contribution >= 0.6 is 0 Å². The molecule has 27 heavy (non-hydrogen) atoms. The van der Waals surface area contributed by atoms with E-state index in [1.807, 2.05) is 19.3 Å². The van der Waals surface area contributed by atoms with Gasteiger partial charge >= 0.3 is 0 Å². The van der Waals surface area contributed by atoms with E-state index >= 15 is 0 Å². The van der Waals surface area contributed by atoms with E-state index in [-0.39, 0.29) is 0 Å². The van der Waals surface area contributed by atoms with Crippen molar-refractivity contribution in [3.8, 4) is 0 Å². The van der Waals surface area contributed by atoms with Crippen molar-refractivity contribution in [2.45, 2.75) is 26.7 Å². The van der Waals surface area contributed by atoms with E-state index in [0.717, 1.165) is 56.3 Å². The first-order valence-electron chi connectivity index (χ1n) is 10.5. The molecule has 2 aliphatic rings. The van der Waals surface area contributed by atoms with Crippen LogP contribution in [0.2, 0.25) is 0 Å². The summed E-state index contributed by atoms with van der Waals surface area (Å²) in [4.78, 5) is 16.3. The predicted octanol–water partition coefficient (Wildman–Crippen LogP) is 2.15. The van der Waals surface area contributed by atoms with E-state index in [1.165, 1.54) is 32.5 Å². The summed E-state index contributed by atoms with van der Waals surface area (Å²) >= 11 is 0. The molecule has 1 aromatic rings. The monoisotopic (exact) mass is 372 g/mol. The molecule has 3 heterocycles. The number of piperazine rings is 1. The second-order valence-corrected chi connectivity index (χ2v) is 8.20. The van der Waals surface area contributed by atoms with Crippen LogP contribution in [0.3, 0.4) is 0 Å². The van der Waals surface area contributed by atoms with E-state index in [4.69, 9.17) is 0 Å². The molecule has 2 unspecified atom stereocenters. The number of aromatic nitrogens is 1. The number of guanidine groups is 1. The van der Waals surface area contributed by atoms with Crippen molar-refractivity contribution in [3.63, 3.8) is 0 Å². The minimum Gasteiger partial charge on any atom is -0.356 e. The molecule has 0 amide bonds. The number of likely N-dealkylation sites (tertiary alicyclic amines) is 1. The molecule has 1 N–H and O–H groups in total. The fraction of sp³-hybridized carbons (Fsp3) is 0.714. The topological polar surface area (TPSA) is 47.0 Å². The summed E-state index contributed by atoms with van der Waals surface area (Å²) in [7, 11) is 1.89. The fourth-order valence-corrected chi connectivity index (χ4v) is 4.50. The fourth-order valence-electron chi connectivity index (χ4n) is 4.50. The molecule has 150 valence electrons. The quantitative estimate of drug-likeness (QED) is 0.487. The third kappa shape index (κ3) is 5.83. The van der Waals surface area contributed by atoms with Gasteiger partial charge < -0.3 is 20.0 Å². The minimum atomic E-state index is 0.838. The van der Waals surface area contributed by atoms with Gasteiger partial charge in [0.1, 0.15) is 5.82 Å². The Balaban J connectivity index is 1.37. The van der Waals surface area contributed by atoms with Crippen molar-refractivity contribution in [1.29, 1.82) is 0 Å². The summed E-state index contributed by atoms with van der Waals surface area (Å²) in [5.74, 6) is 3.79. The molecule has 6 nitrogen and oxygen atoms in total. The molecule has 0 bridgehead atoms. The van der Waals surface area contributed by atoms with Crippen LogP contribution in [0.1, 0.15) is 26.7 Å². The van der Waals surface area contributed by atoms with Crippen molar-refractivity contribution >= 4 is 11.8 Å². The van der Waals surface area contributed by atoms with Crippen LogP contribution in [0.25, 0.3) is 0 Å². The normalized spacial score (nSPS) is 24.9. The van der Waals surface area contributed by atoms with Gasteiger partial charge in [0, 0.05) is 59.1 Å². The van der Waals surface area contributed by atoms with Crippen molar-refractivity contribution in [3.05, 3.63) is 24.4 Å². The average Bonchev–Trinajstić information content (AvgIpc) is 2.68. The van der Waals surface area contributed by atoms with Gasteiger partial charge in [0.25, 0.3) is 0 Å². The Labute approximate surface area is 164 Å². The van der Waals surface area contributed by atoms with Crippen LogP contribution in [-0.4, -0.2) is 80.1 Å². The molecule has 3 rings (SSSR count). The average molecular weight is 373 g/mol. The van der Waals surface area contributed by atoms with Gasteiger partial charge in [-0.1, -0.05) is 19.9 Å². The van der Waals surface area contributed by atoms with E-state index in [1.54, 1.807) is 0 Å². The zero-order valence-corrected chi connectivity index (χ0v) is 17.3. The number of pyridine rings is 1. The maximum absolute atomic E-state index is 4.50. The highest BCUT2D eigenvalue weighted by atomic mass is 15.4. The van der Waals surface area contributed by atoms with Gasteiger partial charge in [-0.05, 0) is 43.4 Å². The Morgan fingerprint density at radius 2 is 1.89 bits per heavy atom. The Bertz CT molecular complexity index is 572. The van der Waals surface area contributed by atoms with Gasteiger partial charge in [0.05, 0.1) is 0 Å². The molecular formula is C21H36N6. The highest BCUT2D eigenvalue weighted by Gasteiger charge is 2.22. The second kappa shape index (κ2) is 9.93. The number of piperidine rings is 1. The number of hydrogen-bond donors (Lipinski definition) is 1. The molecule has 0 aromatic carbocycles. The highest BCUT2D eigenvalue weighted by Crippen LogP contribution is 2.20. The van der Waals surface area contributed by atoms with E-state index in [9.17, 15) is 0 Å². The molecule has 2 fully saturated rings. The first-order valence-corrected chi connectivity index (χ1v) is 10.5. The zero-order chi connectivity index (χ0) is 19.1. The summed E-state index contributed by atoms with van der Waals surface area (Å²) in [6.45, 7) is 13.4. The van der Waals surface area contributed by atoms with Crippen molar-refractivity contribution in [2.75, 3.05) is 64.3 Å². The summed E-state index contributed by atoms with van der Waals surface area (Å²) in [6.07, 6.45) is 4.42. The Hall–Kier alpha value is -1.82. The maximum Gasteiger partial charge on any atom is 0.193 e. The molecule has 6 heteroatoms. The minimum absolute atomic E-state index is 0.838. The van der Waals surface area contributed by atoms with Crippen LogP contribution in [0.4, 0.5) is 5.82 Å². The van der Waals surface area contributed by atoms with Crippen LogP contribution in [0, 0.1) is 11.8 Å². The van der Waals surface area contributed by atoms with Crippen molar-refractivity contribution in [1.82, 2.24) is 20.1 Å². The summed E-state index contributed by atoms with van der Waals surface area (Å²) in [5, 5.41) is 3.57. The van der Waals surface area contributed by atoms with Gasteiger partial charge in [-0.25, -0.2) is 4.98 Å². The number of rotatable bonds is 5. The van der Waals surface area contributed by atoms with Crippen molar-refractivity contribution in [2.24, 2.45) is 16.8 Å². The van der Waals surface area contributed by atoms with Gasteiger partial charge in [0.2, 0.25) is 0 Å². The third-order valence-corrected chi connectivity index (χ3v) is 5.64. The lowest BCUT2D eigenvalue weighted by molar-refractivity contribution is 0.140. The molecular weight excluding hydrogens is 336 g/mol. The molecule has 0 saturated carbocycles. The third-order valence-electron chi connectivity index (χ3n) is 5.64. The molecule has 2 saturated heterocycles. The molecule has 2 aliphatic heterocycles. The first kappa shape index (κ1) is 19.9. The first-order chi connectivity index (χ1) is 13.2. The van der Waals surface area contributed by atoms with Crippen LogP contribution in [0.5, 0.6) is 0 Å². The second-order valence-electron chi connectivity index (χ2n) is 8.20. The van der Waals surface area contributed by atoms with Crippen LogP contribution < -0.4 is 10.2 Å². The molecule has 2 atom stereocenters. The predicted molar refractivity (Wildman–Crippen MR) is 113 cm³/mol. The van der Waals surface area contributed by atoms with E-state index < -0.39 is 0 Å². The number of anilines is 1. The summed E-state index contributed by atoms with van der Waals surface area (Å²) in [5.41, 5.74) is 0. The number of nitrogens with one attached hydrogen (secondary N) is 1. The van der Waals surface area contributed by atoms with Gasteiger partial charge in [0.15, 0.2) is 5.96 Å². The lowest BCUT2D eigenvalue weighted by Gasteiger charge is -2.37. The largest absolute Gasteiger partial charge is 0.356 e. The lowest BCUT2D eigenvalue weighted by Crippen LogP contribution is -2.53. The molecule has 1 aromatic heterocycles. The Morgan fingerprint density at radius 1 is 1.15 bits per heavy atom. The van der Waals surface area contributed by atoms with E-state index in [0.29, 0.717) is 0 Å². The Morgan fingerprint density at radius 3 is 2.52 bits per heavy atom. The van der Waals surface area contributed by atoms with Gasteiger partial charge in [-0.2, -0.15) is 0 Å². The zero-order valence-electron chi connectivity index (χ0n) is 17.3. The standard InChI is InChI=1S/C21H36N6/c1-18-15-19(2)17-25(16-18)10-6-9-24-21(22-3)27-13-11-26(12-14-27)20-7-4-5-8-23-20/h4-5,7-8,18-19H,6,9-17H2,1-3H3,(H,22,24). The SMILES string of the molecule is CN=C(NCCCN1CC(C)CC(C)C1)N1CCN(c2ccccn2)CC1. The summed E-state index contributed by atoms with van der Waals surface area (Å²) in [6, 6.07) is 6.11. The van der Waals surface area contributed by atoms with E-state index in [2.05, 4.69) is 56.0 Å². The van der Waals surface area contributed by atoms with Crippen molar-refractivity contribution < 1.29 is 0 Å². The van der Waals surface area contributed by atoms with Gasteiger partial charge in [-0.15, -0.1) is 0 Å². The number of hydrogen-bond acceptors (Lipinski definition) is 4. The number of aliphatic imine (C=N–C) groups is 1. The smallest absolute Gasteiger partial charge is 0.193 e.